The molecule has 0 unspecified atom stereocenters. The van der Waals surface area contributed by atoms with Crippen LogP contribution in [0.4, 0.5) is 0 Å². The third-order valence-corrected chi connectivity index (χ3v) is 4.31. The third kappa shape index (κ3) is 5.01. The second-order valence-electron chi connectivity index (χ2n) is 4.09. The minimum Gasteiger partial charge on any atom is -0.298 e. The standard InChI is InChI=1S/C15H12BrClOS/c16-12-2-1-3-15(9-12)19-10-14(18)8-11-4-6-13(17)7-5-11/h1-7,9H,8,10H2. The van der Waals surface area contributed by atoms with E-state index in [2.05, 4.69) is 15.9 Å². The van der Waals surface area contributed by atoms with E-state index in [1.807, 2.05) is 48.5 Å². The van der Waals surface area contributed by atoms with Crippen molar-refractivity contribution in [1.82, 2.24) is 0 Å². The summed E-state index contributed by atoms with van der Waals surface area (Å²) in [7, 11) is 0. The van der Waals surface area contributed by atoms with Gasteiger partial charge >= 0.3 is 0 Å². The van der Waals surface area contributed by atoms with Crippen LogP contribution in [0.1, 0.15) is 5.56 Å². The van der Waals surface area contributed by atoms with Gasteiger partial charge in [-0.05, 0) is 35.9 Å². The van der Waals surface area contributed by atoms with Crippen molar-refractivity contribution in [2.45, 2.75) is 11.3 Å². The molecule has 4 heteroatoms. The Balaban J connectivity index is 1.86. The van der Waals surface area contributed by atoms with Crippen molar-refractivity contribution in [1.29, 1.82) is 0 Å². The number of ketones is 1. The molecule has 2 aromatic rings. The molecule has 2 aromatic carbocycles. The fraction of sp³-hybridized carbons (Fsp3) is 0.133. The Bertz CT molecular complexity index is 569. The molecule has 0 heterocycles. The maximum atomic E-state index is 11.9. The molecule has 0 N–H and O–H groups in total. The lowest BCUT2D eigenvalue weighted by molar-refractivity contribution is -0.116. The maximum Gasteiger partial charge on any atom is 0.147 e. The highest BCUT2D eigenvalue weighted by Crippen LogP contribution is 2.22. The first kappa shape index (κ1) is 14.6. The number of halogens is 2. The van der Waals surface area contributed by atoms with Gasteiger partial charge < -0.3 is 0 Å². The van der Waals surface area contributed by atoms with E-state index < -0.39 is 0 Å². The Kier molecular flexibility index (Phi) is 5.49. The van der Waals surface area contributed by atoms with Gasteiger partial charge in [-0.1, -0.05) is 45.7 Å². The zero-order valence-corrected chi connectivity index (χ0v) is 13.3. The Labute approximate surface area is 130 Å². The van der Waals surface area contributed by atoms with Crippen LogP contribution in [0.25, 0.3) is 0 Å². The average molecular weight is 356 g/mol. The van der Waals surface area contributed by atoms with Crippen LogP contribution in [-0.4, -0.2) is 11.5 Å². The Morgan fingerprint density at radius 1 is 1.16 bits per heavy atom. The van der Waals surface area contributed by atoms with Crippen molar-refractivity contribution in [3.05, 3.63) is 63.6 Å². The molecule has 0 aliphatic carbocycles. The lowest BCUT2D eigenvalue weighted by atomic mass is 10.1. The van der Waals surface area contributed by atoms with Gasteiger partial charge in [0.1, 0.15) is 5.78 Å². The van der Waals surface area contributed by atoms with Crippen molar-refractivity contribution in [3.8, 4) is 0 Å². The van der Waals surface area contributed by atoms with E-state index in [4.69, 9.17) is 11.6 Å². The first-order chi connectivity index (χ1) is 9.13. The van der Waals surface area contributed by atoms with E-state index in [1.165, 1.54) is 0 Å². The number of Topliss-reactive ketones (excluding diaryl/α,β-unsaturated/α-hetero) is 1. The largest absolute Gasteiger partial charge is 0.298 e. The number of carbonyl (C=O) groups is 1. The second-order valence-corrected chi connectivity index (χ2v) is 6.49. The third-order valence-electron chi connectivity index (χ3n) is 2.51. The fourth-order valence-corrected chi connectivity index (χ4v) is 3.09. The summed E-state index contributed by atoms with van der Waals surface area (Å²) in [6, 6.07) is 15.4. The van der Waals surface area contributed by atoms with E-state index in [0.29, 0.717) is 17.2 Å². The molecule has 0 aliphatic heterocycles. The average Bonchev–Trinajstić information content (AvgIpc) is 2.39. The summed E-state index contributed by atoms with van der Waals surface area (Å²) in [5.74, 6) is 0.700. The molecular formula is C15H12BrClOS. The van der Waals surface area contributed by atoms with Gasteiger partial charge in [0.2, 0.25) is 0 Å². The SMILES string of the molecule is O=C(CSc1cccc(Br)c1)Cc1ccc(Cl)cc1. The summed E-state index contributed by atoms with van der Waals surface area (Å²) in [5, 5.41) is 0.694. The number of hydrogen-bond donors (Lipinski definition) is 0. The minimum absolute atomic E-state index is 0.215. The molecule has 0 atom stereocenters. The van der Waals surface area contributed by atoms with Gasteiger partial charge in [-0.15, -0.1) is 11.8 Å². The monoisotopic (exact) mass is 354 g/mol. The van der Waals surface area contributed by atoms with Crippen molar-refractivity contribution < 1.29 is 4.79 Å². The van der Waals surface area contributed by atoms with E-state index in [0.717, 1.165) is 14.9 Å². The van der Waals surface area contributed by atoms with Crippen molar-refractivity contribution in [2.75, 3.05) is 5.75 Å². The predicted octanol–water partition coefficient (Wildman–Crippen LogP) is 5.01. The highest BCUT2D eigenvalue weighted by Gasteiger charge is 2.05. The highest BCUT2D eigenvalue weighted by molar-refractivity contribution is 9.10. The van der Waals surface area contributed by atoms with Crippen molar-refractivity contribution in [2.24, 2.45) is 0 Å². The van der Waals surface area contributed by atoms with Gasteiger partial charge in [0.05, 0.1) is 5.75 Å². The molecule has 0 amide bonds. The van der Waals surface area contributed by atoms with E-state index >= 15 is 0 Å². The first-order valence-electron chi connectivity index (χ1n) is 5.78. The van der Waals surface area contributed by atoms with Crippen LogP contribution in [0, 0.1) is 0 Å². The summed E-state index contributed by atoms with van der Waals surface area (Å²) < 4.78 is 1.03. The minimum atomic E-state index is 0.215. The number of thioether (sulfide) groups is 1. The van der Waals surface area contributed by atoms with Gasteiger partial charge in [-0.2, -0.15) is 0 Å². The molecule has 0 saturated heterocycles. The Morgan fingerprint density at radius 2 is 1.89 bits per heavy atom. The van der Waals surface area contributed by atoms with Crippen LogP contribution in [-0.2, 0) is 11.2 Å². The molecule has 2 rings (SSSR count). The fourth-order valence-electron chi connectivity index (χ4n) is 1.60. The zero-order valence-electron chi connectivity index (χ0n) is 10.1. The van der Waals surface area contributed by atoms with Gasteiger partial charge in [0.25, 0.3) is 0 Å². The quantitative estimate of drug-likeness (QED) is 0.702. The summed E-state index contributed by atoms with van der Waals surface area (Å²) in [4.78, 5) is 13.0. The molecule has 0 fully saturated rings. The van der Waals surface area contributed by atoms with Crippen LogP contribution >= 0.6 is 39.3 Å². The van der Waals surface area contributed by atoms with Crippen LogP contribution in [0.3, 0.4) is 0 Å². The van der Waals surface area contributed by atoms with E-state index in [9.17, 15) is 4.79 Å². The lowest BCUT2D eigenvalue weighted by Gasteiger charge is -2.03. The normalized spacial score (nSPS) is 10.4. The smallest absolute Gasteiger partial charge is 0.147 e. The molecule has 0 radical (unpaired) electrons. The molecular weight excluding hydrogens is 344 g/mol. The molecule has 0 bridgehead atoms. The molecule has 1 nitrogen and oxygen atoms in total. The topological polar surface area (TPSA) is 17.1 Å². The number of carbonyl (C=O) groups excluding carboxylic acids is 1. The second kappa shape index (κ2) is 7.13. The Hall–Kier alpha value is -0.770. The number of rotatable bonds is 5. The van der Waals surface area contributed by atoms with Crippen molar-refractivity contribution in [3.63, 3.8) is 0 Å². The van der Waals surface area contributed by atoms with Crippen LogP contribution in [0.2, 0.25) is 5.02 Å². The molecule has 98 valence electrons. The maximum absolute atomic E-state index is 11.9. The lowest BCUT2D eigenvalue weighted by Crippen LogP contribution is -2.05. The summed E-state index contributed by atoms with van der Waals surface area (Å²) in [5.41, 5.74) is 1.00. The predicted molar refractivity (Wildman–Crippen MR) is 85.0 cm³/mol. The number of benzene rings is 2. The summed E-state index contributed by atoms with van der Waals surface area (Å²) in [6.45, 7) is 0. The van der Waals surface area contributed by atoms with E-state index in [1.54, 1.807) is 11.8 Å². The van der Waals surface area contributed by atoms with Gasteiger partial charge in [-0.3, -0.25) is 4.79 Å². The highest BCUT2D eigenvalue weighted by atomic mass is 79.9. The van der Waals surface area contributed by atoms with Crippen LogP contribution < -0.4 is 0 Å². The Morgan fingerprint density at radius 3 is 2.58 bits per heavy atom. The number of hydrogen-bond acceptors (Lipinski definition) is 2. The van der Waals surface area contributed by atoms with Gasteiger partial charge in [-0.25, -0.2) is 0 Å². The molecule has 0 aliphatic rings. The van der Waals surface area contributed by atoms with Crippen LogP contribution in [0.5, 0.6) is 0 Å². The molecule has 0 aromatic heterocycles. The first-order valence-corrected chi connectivity index (χ1v) is 7.93. The van der Waals surface area contributed by atoms with Crippen LogP contribution in [0.15, 0.2) is 57.9 Å². The molecule has 0 saturated carbocycles. The summed E-state index contributed by atoms with van der Waals surface area (Å²) >= 11 is 10.8. The zero-order chi connectivity index (χ0) is 13.7. The molecule has 19 heavy (non-hydrogen) atoms. The summed E-state index contributed by atoms with van der Waals surface area (Å²) in [6.07, 6.45) is 0.457. The van der Waals surface area contributed by atoms with E-state index in [-0.39, 0.29) is 5.78 Å². The van der Waals surface area contributed by atoms with Gasteiger partial charge in [0, 0.05) is 20.8 Å². The van der Waals surface area contributed by atoms with Crippen molar-refractivity contribution >= 4 is 45.1 Å². The van der Waals surface area contributed by atoms with Gasteiger partial charge in [0.15, 0.2) is 0 Å². The molecule has 0 spiro atoms.